The molecule has 0 radical (unpaired) electrons. The van der Waals surface area contributed by atoms with Gasteiger partial charge in [-0.1, -0.05) is 18.2 Å². The molecule has 1 aromatic rings. The number of anilines is 1. The van der Waals surface area contributed by atoms with E-state index in [4.69, 9.17) is 5.84 Å². The van der Waals surface area contributed by atoms with E-state index in [2.05, 4.69) is 18.1 Å². The first kappa shape index (κ1) is 10.1. The maximum Gasteiger partial charge on any atom is 0.148 e. The standard InChI is InChI=1S/C9H11FN2S/c10-8-6-7(2-1-5-13)3-4-9(8)12-11/h1-4,6,12-13H,5,11H2. The van der Waals surface area contributed by atoms with Crippen molar-refractivity contribution in [3.63, 3.8) is 0 Å². The van der Waals surface area contributed by atoms with Crippen LogP contribution in [0.25, 0.3) is 6.08 Å². The second kappa shape index (κ2) is 4.89. The van der Waals surface area contributed by atoms with Gasteiger partial charge in [-0.2, -0.15) is 12.6 Å². The predicted molar refractivity (Wildman–Crippen MR) is 57.1 cm³/mol. The summed E-state index contributed by atoms with van der Waals surface area (Å²) in [5, 5.41) is 0. The van der Waals surface area contributed by atoms with Crippen LogP contribution in [0.4, 0.5) is 10.1 Å². The second-order valence-electron chi connectivity index (χ2n) is 2.47. The zero-order valence-corrected chi connectivity index (χ0v) is 7.89. The van der Waals surface area contributed by atoms with Crippen LogP contribution >= 0.6 is 12.6 Å². The van der Waals surface area contributed by atoms with Crippen LogP contribution in [0.15, 0.2) is 24.3 Å². The van der Waals surface area contributed by atoms with E-state index in [0.717, 1.165) is 5.56 Å². The molecule has 1 aromatic carbocycles. The highest BCUT2D eigenvalue weighted by Gasteiger charge is 1.98. The number of rotatable bonds is 3. The molecule has 0 aromatic heterocycles. The van der Waals surface area contributed by atoms with Crippen LogP contribution in [0, 0.1) is 5.82 Å². The Labute approximate surface area is 82.0 Å². The van der Waals surface area contributed by atoms with Crippen LogP contribution in [0.2, 0.25) is 0 Å². The molecule has 0 spiro atoms. The van der Waals surface area contributed by atoms with Crippen LogP contribution in [0.5, 0.6) is 0 Å². The minimum Gasteiger partial charge on any atom is -0.321 e. The predicted octanol–water partition coefficient (Wildman–Crippen LogP) is 2.05. The molecule has 1 rings (SSSR count). The third-order valence-electron chi connectivity index (χ3n) is 1.56. The van der Waals surface area contributed by atoms with Crippen molar-refractivity contribution in [1.82, 2.24) is 0 Å². The number of hydrogen-bond donors (Lipinski definition) is 3. The number of nitrogens with one attached hydrogen (secondary N) is 1. The van der Waals surface area contributed by atoms with E-state index in [1.165, 1.54) is 6.07 Å². The highest BCUT2D eigenvalue weighted by Crippen LogP contribution is 2.15. The molecule has 0 atom stereocenters. The van der Waals surface area contributed by atoms with Crippen molar-refractivity contribution >= 4 is 24.4 Å². The van der Waals surface area contributed by atoms with Crippen LogP contribution < -0.4 is 11.3 Å². The zero-order chi connectivity index (χ0) is 9.68. The number of thiol groups is 1. The van der Waals surface area contributed by atoms with Gasteiger partial charge >= 0.3 is 0 Å². The smallest absolute Gasteiger partial charge is 0.148 e. The summed E-state index contributed by atoms with van der Waals surface area (Å²) in [6, 6.07) is 4.78. The maximum atomic E-state index is 13.1. The summed E-state index contributed by atoms with van der Waals surface area (Å²) in [6.45, 7) is 0. The molecule has 0 saturated heterocycles. The van der Waals surface area contributed by atoms with Gasteiger partial charge in [-0.05, 0) is 17.7 Å². The van der Waals surface area contributed by atoms with E-state index in [9.17, 15) is 4.39 Å². The number of nitrogens with two attached hydrogens (primary N) is 1. The molecule has 0 saturated carbocycles. The Balaban J connectivity index is 2.89. The molecule has 0 unspecified atom stereocenters. The summed E-state index contributed by atoms with van der Waals surface area (Å²) in [7, 11) is 0. The highest BCUT2D eigenvalue weighted by molar-refractivity contribution is 7.80. The summed E-state index contributed by atoms with van der Waals surface area (Å²) in [5.41, 5.74) is 3.36. The first-order chi connectivity index (χ1) is 6.27. The van der Waals surface area contributed by atoms with E-state index in [1.54, 1.807) is 18.2 Å². The first-order valence-corrected chi connectivity index (χ1v) is 4.44. The molecule has 2 nitrogen and oxygen atoms in total. The Morgan fingerprint density at radius 2 is 2.31 bits per heavy atom. The molecule has 13 heavy (non-hydrogen) atoms. The van der Waals surface area contributed by atoms with Crippen molar-refractivity contribution in [3.05, 3.63) is 35.7 Å². The van der Waals surface area contributed by atoms with Crippen molar-refractivity contribution in [2.75, 3.05) is 11.2 Å². The van der Waals surface area contributed by atoms with Crippen molar-refractivity contribution in [3.8, 4) is 0 Å². The monoisotopic (exact) mass is 198 g/mol. The largest absolute Gasteiger partial charge is 0.321 e. The summed E-state index contributed by atoms with van der Waals surface area (Å²) in [5.74, 6) is 5.36. The van der Waals surface area contributed by atoms with Gasteiger partial charge in [0.15, 0.2) is 0 Å². The quantitative estimate of drug-likeness (QED) is 0.395. The molecule has 70 valence electrons. The number of hydrogen-bond acceptors (Lipinski definition) is 3. The third kappa shape index (κ3) is 2.75. The van der Waals surface area contributed by atoms with E-state index >= 15 is 0 Å². The van der Waals surface area contributed by atoms with E-state index in [-0.39, 0.29) is 5.82 Å². The fourth-order valence-corrected chi connectivity index (χ4v) is 1.05. The first-order valence-electron chi connectivity index (χ1n) is 3.81. The van der Waals surface area contributed by atoms with Gasteiger partial charge in [-0.3, -0.25) is 5.84 Å². The zero-order valence-electron chi connectivity index (χ0n) is 7.00. The molecular weight excluding hydrogens is 187 g/mol. The van der Waals surface area contributed by atoms with Gasteiger partial charge in [0.1, 0.15) is 5.82 Å². The average Bonchev–Trinajstić information content (AvgIpc) is 2.15. The lowest BCUT2D eigenvalue weighted by Crippen LogP contribution is -2.08. The van der Waals surface area contributed by atoms with Crippen molar-refractivity contribution in [1.29, 1.82) is 0 Å². The molecule has 4 heteroatoms. The molecule has 0 aliphatic heterocycles. The maximum absolute atomic E-state index is 13.1. The topological polar surface area (TPSA) is 38.0 Å². The van der Waals surface area contributed by atoms with Gasteiger partial charge in [0.2, 0.25) is 0 Å². The summed E-state index contributed by atoms with van der Waals surface area (Å²) >= 11 is 4.00. The number of halogens is 1. The Morgan fingerprint density at radius 3 is 2.85 bits per heavy atom. The SMILES string of the molecule is NNc1ccc(C=CCS)cc1F. The number of nitrogen functional groups attached to an aromatic ring is 1. The average molecular weight is 198 g/mol. The molecular formula is C9H11FN2S. The Kier molecular flexibility index (Phi) is 3.79. The van der Waals surface area contributed by atoms with Crippen LogP contribution in [-0.2, 0) is 0 Å². The lowest BCUT2D eigenvalue weighted by atomic mass is 10.2. The van der Waals surface area contributed by atoms with E-state index in [0.29, 0.717) is 11.4 Å². The minimum atomic E-state index is -0.358. The molecule has 0 bridgehead atoms. The lowest BCUT2D eigenvalue weighted by molar-refractivity contribution is 0.630. The van der Waals surface area contributed by atoms with Gasteiger partial charge in [0.25, 0.3) is 0 Å². The number of benzene rings is 1. The number of hydrazine groups is 1. The van der Waals surface area contributed by atoms with Gasteiger partial charge in [0.05, 0.1) is 5.69 Å². The molecule has 0 aliphatic carbocycles. The normalized spacial score (nSPS) is 10.7. The van der Waals surface area contributed by atoms with Crippen molar-refractivity contribution in [2.24, 2.45) is 5.84 Å². The molecule has 0 heterocycles. The summed E-state index contributed by atoms with van der Waals surface area (Å²) in [4.78, 5) is 0. The summed E-state index contributed by atoms with van der Waals surface area (Å²) < 4.78 is 13.1. The van der Waals surface area contributed by atoms with Crippen molar-refractivity contribution in [2.45, 2.75) is 0 Å². The fraction of sp³-hybridized carbons (Fsp3) is 0.111. The van der Waals surface area contributed by atoms with Crippen LogP contribution in [0.3, 0.4) is 0 Å². The minimum absolute atomic E-state index is 0.294. The van der Waals surface area contributed by atoms with Gasteiger partial charge in [-0.15, -0.1) is 0 Å². The third-order valence-corrected chi connectivity index (χ3v) is 1.78. The molecule has 0 amide bonds. The Morgan fingerprint density at radius 1 is 1.54 bits per heavy atom. The van der Waals surface area contributed by atoms with Crippen molar-refractivity contribution < 1.29 is 4.39 Å². The van der Waals surface area contributed by atoms with E-state index in [1.807, 2.05) is 6.08 Å². The molecule has 0 fully saturated rings. The van der Waals surface area contributed by atoms with Gasteiger partial charge < -0.3 is 5.43 Å². The van der Waals surface area contributed by atoms with E-state index < -0.39 is 0 Å². The lowest BCUT2D eigenvalue weighted by Gasteiger charge is -2.01. The van der Waals surface area contributed by atoms with Gasteiger partial charge in [-0.25, -0.2) is 4.39 Å². The summed E-state index contributed by atoms with van der Waals surface area (Å²) in [6.07, 6.45) is 3.64. The molecule has 0 aliphatic rings. The fourth-order valence-electron chi connectivity index (χ4n) is 0.941. The molecule has 3 N–H and O–H groups in total. The highest BCUT2D eigenvalue weighted by atomic mass is 32.1. The second-order valence-corrected chi connectivity index (χ2v) is 2.83. The Bertz CT molecular complexity index is 312. The van der Waals surface area contributed by atoms with Crippen LogP contribution in [0.1, 0.15) is 5.56 Å². The van der Waals surface area contributed by atoms with Crippen LogP contribution in [-0.4, -0.2) is 5.75 Å². The van der Waals surface area contributed by atoms with Gasteiger partial charge in [0, 0.05) is 5.75 Å². The Hall–Kier alpha value is -1.00.